The zero-order valence-corrected chi connectivity index (χ0v) is 37.2. The number of allylic oxidation sites excluding steroid dienone is 2. The van der Waals surface area contributed by atoms with E-state index >= 15 is 0 Å². The van der Waals surface area contributed by atoms with Gasteiger partial charge >= 0.3 is 0 Å². The molecule has 2 atom stereocenters. The summed E-state index contributed by atoms with van der Waals surface area (Å²) in [5, 5.41) is 1.13. The van der Waals surface area contributed by atoms with Crippen LogP contribution >= 0.6 is 0 Å². The lowest BCUT2D eigenvalue weighted by molar-refractivity contribution is 0.161. The van der Waals surface area contributed by atoms with Crippen LogP contribution < -0.4 is 39.7 Å². The predicted octanol–water partition coefficient (Wildman–Crippen LogP) is 11.1. The maximum atomic E-state index is 7.36. The zero-order chi connectivity index (χ0) is 42.3. The molecule has 0 saturated carbocycles. The molecule has 4 aromatic carbocycles. The monoisotopic (exact) mass is 814 g/mol. The number of hydrogen-bond donors (Lipinski definition) is 0. The topological polar surface area (TPSA) is 65.8 Å². The molecule has 5 aromatic rings. The van der Waals surface area contributed by atoms with E-state index in [2.05, 4.69) is 146 Å². The summed E-state index contributed by atoms with van der Waals surface area (Å²) in [6.07, 6.45) is 8.54. The normalized spacial score (nSPS) is 20.1. The standard InChI is InChI=1S/C52H55BN2O6/c1-28-24-40-47(58-22-12-20-56-40)30(3)45(28)54-36-14-11-15-37-44(36)53(42-34-26-32(51(5,6)7)16-18-38(34)60-49(42)54)43-35-27-33(52(8,9)10)17-19-39(35)61-50(43)55(37)46-29(2)25-41-48(31(46)4)59-23-13-21-57-41/h11,14-19,24-27,34,38H,12-13,20-23H2,1-10H3. The van der Waals surface area contributed by atoms with Crippen LogP contribution in [0.4, 0.5) is 28.6 Å². The average Bonchev–Trinajstić information content (AvgIpc) is 3.56. The SMILES string of the molecule is Cc1cc2c(c(C)c1N1C3=C(B4c5c1cccc5N(c1c(C)cc5c(c1C)OCCCO5)c1oc5ccc(C(C)(C)C)cc5c14)C1C=C(C(C)(C)C)C=CC1O3)OCCCO2. The number of ether oxygens (including phenoxy) is 5. The Morgan fingerprint density at radius 1 is 0.672 bits per heavy atom. The summed E-state index contributed by atoms with van der Waals surface area (Å²) in [7, 11) is 0. The molecule has 0 fully saturated rings. The molecular formula is C52H55BN2O6. The summed E-state index contributed by atoms with van der Waals surface area (Å²) in [6, 6.07) is 17.8. The van der Waals surface area contributed by atoms with Crippen LogP contribution in [-0.2, 0) is 10.2 Å². The van der Waals surface area contributed by atoms with E-state index in [4.69, 9.17) is 28.1 Å². The summed E-state index contributed by atoms with van der Waals surface area (Å²) < 4.78 is 40.2. The predicted molar refractivity (Wildman–Crippen MR) is 245 cm³/mol. The number of furan rings is 1. The van der Waals surface area contributed by atoms with Crippen molar-refractivity contribution in [1.29, 1.82) is 0 Å². The number of anilines is 5. The molecule has 5 aliphatic heterocycles. The third-order valence-electron chi connectivity index (χ3n) is 13.6. The fraction of sp³-hybridized carbons (Fsp3) is 0.385. The van der Waals surface area contributed by atoms with Gasteiger partial charge in [0, 0.05) is 52.1 Å². The highest BCUT2D eigenvalue weighted by atomic mass is 16.5. The van der Waals surface area contributed by atoms with Crippen molar-refractivity contribution < 1.29 is 28.1 Å². The molecule has 11 rings (SSSR count). The Hall–Kier alpha value is -5.70. The Morgan fingerprint density at radius 2 is 1.28 bits per heavy atom. The Labute approximate surface area is 359 Å². The van der Waals surface area contributed by atoms with Gasteiger partial charge in [-0.1, -0.05) is 65.8 Å². The fourth-order valence-corrected chi connectivity index (χ4v) is 10.7. The number of rotatable bonds is 2. The molecule has 0 amide bonds. The Kier molecular flexibility index (Phi) is 8.40. The van der Waals surface area contributed by atoms with Crippen LogP contribution in [0.25, 0.3) is 11.0 Å². The highest BCUT2D eigenvalue weighted by Crippen LogP contribution is 2.56. The van der Waals surface area contributed by atoms with Crippen LogP contribution in [0.5, 0.6) is 23.0 Å². The summed E-state index contributed by atoms with van der Waals surface area (Å²) in [5.74, 6) is 4.88. The largest absolute Gasteiger partial charge is 0.490 e. The summed E-state index contributed by atoms with van der Waals surface area (Å²) in [5.41, 5.74) is 15.4. The van der Waals surface area contributed by atoms with E-state index in [-0.39, 0.29) is 29.6 Å². The molecule has 61 heavy (non-hydrogen) atoms. The molecule has 9 heteroatoms. The van der Waals surface area contributed by atoms with Crippen LogP contribution in [-0.4, -0.2) is 39.2 Å². The third-order valence-corrected chi connectivity index (χ3v) is 13.6. The van der Waals surface area contributed by atoms with Crippen molar-refractivity contribution in [3.05, 3.63) is 112 Å². The lowest BCUT2D eigenvalue weighted by Gasteiger charge is -2.43. The average molecular weight is 815 g/mol. The first-order valence-corrected chi connectivity index (χ1v) is 22.1. The van der Waals surface area contributed by atoms with Crippen molar-refractivity contribution in [2.24, 2.45) is 11.3 Å². The molecule has 312 valence electrons. The van der Waals surface area contributed by atoms with Gasteiger partial charge in [-0.05, 0) is 114 Å². The number of fused-ring (bicyclic) bond motifs is 9. The molecule has 0 radical (unpaired) electrons. The highest BCUT2D eigenvalue weighted by molar-refractivity contribution is 6.96. The van der Waals surface area contributed by atoms with Crippen molar-refractivity contribution >= 4 is 57.2 Å². The molecule has 1 aliphatic carbocycles. The fourth-order valence-electron chi connectivity index (χ4n) is 10.7. The second-order valence-electron chi connectivity index (χ2n) is 19.8. The first-order valence-electron chi connectivity index (χ1n) is 22.1. The van der Waals surface area contributed by atoms with Gasteiger partial charge in [0.25, 0.3) is 6.71 Å². The molecule has 2 unspecified atom stereocenters. The third kappa shape index (κ3) is 5.64. The Bertz CT molecular complexity index is 2800. The van der Waals surface area contributed by atoms with Crippen LogP contribution in [0.15, 0.2) is 88.1 Å². The molecule has 6 heterocycles. The van der Waals surface area contributed by atoms with Gasteiger partial charge in [-0.25, -0.2) is 0 Å². The minimum absolute atomic E-state index is 0.0133. The van der Waals surface area contributed by atoms with Crippen molar-refractivity contribution in [3.63, 3.8) is 0 Å². The summed E-state index contributed by atoms with van der Waals surface area (Å²) in [4.78, 5) is 4.78. The van der Waals surface area contributed by atoms with Crippen LogP contribution in [0, 0.1) is 39.0 Å². The van der Waals surface area contributed by atoms with Crippen LogP contribution in [0.3, 0.4) is 0 Å². The van der Waals surface area contributed by atoms with E-state index in [1.807, 2.05) is 0 Å². The first kappa shape index (κ1) is 38.2. The van der Waals surface area contributed by atoms with Gasteiger partial charge in [-0.15, -0.1) is 0 Å². The maximum Gasteiger partial charge on any atom is 0.257 e. The lowest BCUT2D eigenvalue weighted by Crippen LogP contribution is -2.56. The summed E-state index contributed by atoms with van der Waals surface area (Å²) in [6.45, 7) is 24.8. The number of benzene rings is 4. The number of hydrogen-bond acceptors (Lipinski definition) is 8. The summed E-state index contributed by atoms with van der Waals surface area (Å²) >= 11 is 0. The minimum atomic E-state index is -0.173. The molecule has 0 bridgehead atoms. The zero-order valence-electron chi connectivity index (χ0n) is 37.2. The van der Waals surface area contributed by atoms with E-state index < -0.39 is 0 Å². The smallest absolute Gasteiger partial charge is 0.257 e. The van der Waals surface area contributed by atoms with Crippen molar-refractivity contribution in [1.82, 2.24) is 0 Å². The molecule has 0 saturated heterocycles. The van der Waals surface area contributed by atoms with E-state index in [9.17, 15) is 0 Å². The second kappa shape index (κ2) is 13.4. The minimum Gasteiger partial charge on any atom is -0.490 e. The Balaban J connectivity index is 1.26. The van der Waals surface area contributed by atoms with Gasteiger partial charge in [-0.2, -0.15) is 0 Å². The van der Waals surface area contributed by atoms with Gasteiger partial charge in [-0.3, -0.25) is 9.80 Å². The van der Waals surface area contributed by atoms with E-state index in [1.54, 1.807) is 0 Å². The van der Waals surface area contributed by atoms with Crippen molar-refractivity contribution in [2.75, 3.05) is 36.2 Å². The van der Waals surface area contributed by atoms with Crippen LogP contribution in [0.1, 0.15) is 82.2 Å². The molecule has 0 spiro atoms. The van der Waals surface area contributed by atoms with Gasteiger partial charge in [0.15, 0.2) is 28.9 Å². The second-order valence-corrected chi connectivity index (χ2v) is 19.8. The van der Waals surface area contributed by atoms with E-state index in [0.717, 1.165) is 109 Å². The maximum absolute atomic E-state index is 7.36. The highest BCUT2D eigenvalue weighted by Gasteiger charge is 2.54. The molecule has 8 nitrogen and oxygen atoms in total. The molecule has 6 aliphatic rings. The van der Waals surface area contributed by atoms with Crippen molar-refractivity contribution in [2.45, 2.75) is 93.6 Å². The molecule has 1 aromatic heterocycles. The van der Waals surface area contributed by atoms with Crippen LogP contribution in [0.2, 0.25) is 0 Å². The first-order chi connectivity index (χ1) is 29.2. The lowest BCUT2D eigenvalue weighted by atomic mass is 9.31. The quantitative estimate of drug-likeness (QED) is 0.163. The van der Waals surface area contributed by atoms with Gasteiger partial charge in [0.1, 0.15) is 11.7 Å². The number of nitrogens with zero attached hydrogens (tertiary/aromatic N) is 2. The van der Waals surface area contributed by atoms with Gasteiger partial charge < -0.3 is 28.1 Å². The van der Waals surface area contributed by atoms with Gasteiger partial charge in [0.2, 0.25) is 5.88 Å². The van der Waals surface area contributed by atoms with E-state index in [0.29, 0.717) is 26.4 Å². The molecular weight excluding hydrogens is 759 g/mol. The Morgan fingerprint density at radius 3 is 1.90 bits per heavy atom. The number of aryl methyl sites for hydroxylation is 2. The van der Waals surface area contributed by atoms with Gasteiger partial charge in [0.05, 0.1) is 37.8 Å². The molecule has 0 N–H and O–H groups in total. The van der Waals surface area contributed by atoms with E-state index in [1.165, 1.54) is 22.1 Å². The van der Waals surface area contributed by atoms with Crippen molar-refractivity contribution in [3.8, 4) is 23.0 Å².